The van der Waals surface area contributed by atoms with Crippen molar-refractivity contribution in [3.63, 3.8) is 0 Å². The molecule has 0 unspecified atom stereocenters. The van der Waals surface area contributed by atoms with Gasteiger partial charge in [0.2, 0.25) is 0 Å². The van der Waals surface area contributed by atoms with Gasteiger partial charge in [-0.2, -0.15) is 17.0 Å². The highest BCUT2D eigenvalue weighted by Crippen LogP contribution is 2.32. The molecule has 0 spiro atoms. The Morgan fingerprint density at radius 2 is 2.24 bits per heavy atom. The normalized spacial score (nSPS) is 13.3. The van der Waals surface area contributed by atoms with Gasteiger partial charge < -0.3 is 5.32 Å². The van der Waals surface area contributed by atoms with Gasteiger partial charge in [-0.05, 0) is 42.0 Å². The number of nitrogens with zero attached hydrogens (tertiary/aromatic N) is 1. The van der Waals surface area contributed by atoms with Crippen LogP contribution >= 0.6 is 34.7 Å². The second-order valence-electron chi connectivity index (χ2n) is 4.62. The molecule has 3 nitrogen and oxygen atoms in total. The molecule has 1 aliphatic rings. The zero-order valence-corrected chi connectivity index (χ0v) is 13.4. The standard InChI is InChI=1S/C15H11ClN2OS2/c16-11-2-1-9(7-17)12(6-11)18-15(19)14-5-10-8-20-4-3-13(10)21-14/h1-2,5-6H,3-4,8H2,(H,18,19). The SMILES string of the molecule is N#Cc1ccc(Cl)cc1NC(=O)c1cc2c(s1)CCSC2. The Hall–Kier alpha value is -1.48. The number of anilines is 1. The number of rotatable bonds is 2. The van der Waals surface area contributed by atoms with Crippen molar-refractivity contribution in [1.82, 2.24) is 0 Å². The predicted octanol–water partition coefficient (Wildman–Crippen LogP) is 4.31. The van der Waals surface area contributed by atoms with Gasteiger partial charge in [0.05, 0.1) is 16.1 Å². The number of carbonyl (C=O) groups excluding carboxylic acids is 1. The zero-order chi connectivity index (χ0) is 14.8. The third-order valence-corrected chi connectivity index (χ3v) is 5.68. The molecule has 0 saturated carbocycles. The van der Waals surface area contributed by atoms with E-state index in [2.05, 4.69) is 11.4 Å². The van der Waals surface area contributed by atoms with Gasteiger partial charge in [0, 0.05) is 15.7 Å². The van der Waals surface area contributed by atoms with E-state index in [1.807, 2.05) is 17.8 Å². The second-order valence-corrected chi connectivity index (χ2v) is 7.30. The number of aryl methyl sites for hydroxylation is 1. The van der Waals surface area contributed by atoms with Crippen molar-refractivity contribution in [2.75, 3.05) is 11.1 Å². The first-order chi connectivity index (χ1) is 10.2. The fourth-order valence-corrected chi connectivity index (χ4v) is 4.60. The van der Waals surface area contributed by atoms with Crippen molar-refractivity contribution in [3.05, 3.63) is 50.2 Å². The summed E-state index contributed by atoms with van der Waals surface area (Å²) in [7, 11) is 0. The monoisotopic (exact) mass is 334 g/mol. The maximum Gasteiger partial charge on any atom is 0.265 e. The molecule has 1 N–H and O–H groups in total. The molecule has 1 aromatic carbocycles. The average Bonchev–Trinajstić information content (AvgIpc) is 2.91. The van der Waals surface area contributed by atoms with E-state index in [1.54, 1.807) is 18.2 Å². The largest absolute Gasteiger partial charge is 0.320 e. The number of nitrogens with one attached hydrogen (secondary N) is 1. The molecule has 0 bridgehead atoms. The van der Waals surface area contributed by atoms with Gasteiger partial charge in [-0.25, -0.2) is 0 Å². The third kappa shape index (κ3) is 3.08. The van der Waals surface area contributed by atoms with Crippen LogP contribution in [-0.4, -0.2) is 11.7 Å². The molecule has 0 radical (unpaired) electrons. The Morgan fingerprint density at radius 3 is 3.00 bits per heavy atom. The van der Waals surface area contributed by atoms with E-state index in [4.69, 9.17) is 16.9 Å². The lowest BCUT2D eigenvalue weighted by molar-refractivity contribution is 0.103. The quantitative estimate of drug-likeness (QED) is 0.890. The first-order valence-corrected chi connectivity index (χ1v) is 8.72. The third-order valence-electron chi connectivity index (χ3n) is 3.20. The lowest BCUT2D eigenvalue weighted by atomic mass is 10.2. The van der Waals surface area contributed by atoms with Crippen LogP contribution in [0.4, 0.5) is 5.69 Å². The molecule has 106 valence electrons. The maximum atomic E-state index is 12.4. The van der Waals surface area contributed by atoms with E-state index in [0.29, 0.717) is 21.2 Å². The molecule has 2 aromatic rings. The van der Waals surface area contributed by atoms with E-state index in [1.165, 1.54) is 21.8 Å². The number of hydrogen-bond donors (Lipinski definition) is 1. The summed E-state index contributed by atoms with van der Waals surface area (Å²) in [5, 5.41) is 12.4. The van der Waals surface area contributed by atoms with Crippen molar-refractivity contribution in [2.24, 2.45) is 0 Å². The maximum absolute atomic E-state index is 12.4. The highest BCUT2D eigenvalue weighted by atomic mass is 35.5. The summed E-state index contributed by atoms with van der Waals surface area (Å²) in [4.78, 5) is 14.3. The Kier molecular flexibility index (Phi) is 4.20. The summed E-state index contributed by atoms with van der Waals surface area (Å²) in [6, 6.07) is 8.85. The van der Waals surface area contributed by atoms with E-state index in [9.17, 15) is 4.79 Å². The molecule has 0 fully saturated rings. The molecule has 6 heteroatoms. The number of halogens is 1. The van der Waals surface area contributed by atoms with Crippen LogP contribution in [-0.2, 0) is 12.2 Å². The first-order valence-electron chi connectivity index (χ1n) is 6.37. The fourth-order valence-electron chi connectivity index (χ4n) is 2.16. The van der Waals surface area contributed by atoms with Crippen LogP contribution in [0.25, 0.3) is 0 Å². The second kappa shape index (κ2) is 6.10. The van der Waals surface area contributed by atoms with Crippen molar-refractivity contribution in [3.8, 4) is 6.07 Å². The van der Waals surface area contributed by atoms with Crippen LogP contribution in [0.1, 0.15) is 25.7 Å². The van der Waals surface area contributed by atoms with Gasteiger partial charge in [0.1, 0.15) is 6.07 Å². The number of thiophene rings is 1. The minimum Gasteiger partial charge on any atom is -0.320 e. The highest BCUT2D eigenvalue weighted by molar-refractivity contribution is 7.98. The van der Waals surface area contributed by atoms with Gasteiger partial charge in [-0.3, -0.25) is 4.79 Å². The van der Waals surface area contributed by atoms with Crippen molar-refractivity contribution in [1.29, 1.82) is 5.26 Å². The molecule has 0 atom stereocenters. The zero-order valence-electron chi connectivity index (χ0n) is 11.0. The molecule has 21 heavy (non-hydrogen) atoms. The summed E-state index contributed by atoms with van der Waals surface area (Å²) in [6.07, 6.45) is 1.03. The van der Waals surface area contributed by atoms with Crippen LogP contribution < -0.4 is 5.32 Å². The molecule has 3 rings (SSSR count). The summed E-state index contributed by atoms with van der Waals surface area (Å²) < 4.78 is 0. The number of fused-ring (bicyclic) bond motifs is 1. The van der Waals surface area contributed by atoms with E-state index >= 15 is 0 Å². The molecule has 0 aliphatic carbocycles. The number of amides is 1. The van der Waals surface area contributed by atoms with Gasteiger partial charge in [-0.1, -0.05) is 11.6 Å². The van der Waals surface area contributed by atoms with Gasteiger partial charge in [0.15, 0.2) is 0 Å². The number of nitriles is 1. The summed E-state index contributed by atoms with van der Waals surface area (Å²) in [5.41, 5.74) is 2.12. The highest BCUT2D eigenvalue weighted by Gasteiger charge is 2.18. The van der Waals surface area contributed by atoms with E-state index in [0.717, 1.165) is 17.9 Å². The van der Waals surface area contributed by atoms with Crippen LogP contribution in [0.15, 0.2) is 24.3 Å². The first kappa shape index (κ1) is 14.5. The van der Waals surface area contributed by atoms with Crippen LogP contribution in [0.2, 0.25) is 5.02 Å². The minimum atomic E-state index is -0.182. The van der Waals surface area contributed by atoms with Crippen molar-refractivity contribution >= 4 is 46.3 Å². The lowest BCUT2D eigenvalue weighted by Crippen LogP contribution is -2.11. The number of carbonyl (C=O) groups is 1. The predicted molar refractivity (Wildman–Crippen MR) is 88.3 cm³/mol. The van der Waals surface area contributed by atoms with Crippen LogP contribution in [0.3, 0.4) is 0 Å². The average molecular weight is 335 g/mol. The number of hydrogen-bond acceptors (Lipinski definition) is 4. The van der Waals surface area contributed by atoms with E-state index < -0.39 is 0 Å². The van der Waals surface area contributed by atoms with E-state index in [-0.39, 0.29) is 5.91 Å². The fraction of sp³-hybridized carbons (Fsp3) is 0.200. The van der Waals surface area contributed by atoms with Gasteiger partial charge in [-0.15, -0.1) is 11.3 Å². The topological polar surface area (TPSA) is 52.9 Å². The van der Waals surface area contributed by atoms with Crippen LogP contribution in [0.5, 0.6) is 0 Å². The minimum absolute atomic E-state index is 0.182. The Bertz CT molecular complexity index is 725. The molecule has 1 aliphatic heterocycles. The van der Waals surface area contributed by atoms with Crippen LogP contribution in [0, 0.1) is 11.3 Å². The number of benzene rings is 1. The molecule has 2 heterocycles. The molecular formula is C15H11ClN2OS2. The number of thioether (sulfide) groups is 1. The molecule has 1 amide bonds. The summed E-state index contributed by atoms with van der Waals surface area (Å²) >= 11 is 9.35. The Morgan fingerprint density at radius 1 is 1.38 bits per heavy atom. The van der Waals surface area contributed by atoms with Gasteiger partial charge >= 0.3 is 0 Å². The lowest BCUT2D eigenvalue weighted by Gasteiger charge is -2.08. The molecular weight excluding hydrogens is 324 g/mol. The van der Waals surface area contributed by atoms with Crippen molar-refractivity contribution < 1.29 is 4.79 Å². The smallest absolute Gasteiger partial charge is 0.265 e. The van der Waals surface area contributed by atoms with Gasteiger partial charge in [0.25, 0.3) is 5.91 Å². The Labute approximate surface area is 135 Å². The Balaban J connectivity index is 1.85. The summed E-state index contributed by atoms with van der Waals surface area (Å²) in [5.74, 6) is 1.90. The molecule has 0 saturated heterocycles. The molecule has 1 aromatic heterocycles. The summed E-state index contributed by atoms with van der Waals surface area (Å²) in [6.45, 7) is 0. The van der Waals surface area contributed by atoms with Crippen molar-refractivity contribution in [2.45, 2.75) is 12.2 Å².